The Labute approximate surface area is 116 Å². The second-order valence-corrected chi connectivity index (χ2v) is 4.05. The van der Waals surface area contributed by atoms with Crippen LogP contribution in [0.5, 0.6) is 0 Å². The van der Waals surface area contributed by atoms with Crippen molar-refractivity contribution in [3.8, 4) is 0 Å². The van der Waals surface area contributed by atoms with E-state index in [9.17, 15) is 26.7 Å². The van der Waals surface area contributed by atoms with Crippen LogP contribution in [0.4, 0.5) is 22.0 Å². The van der Waals surface area contributed by atoms with Crippen LogP contribution in [0.15, 0.2) is 36.4 Å². The van der Waals surface area contributed by atoms with Gasteiger partial charge in [0, 0.05) is 5.56 Å². The molecule has 2 aromatic rings. The Morgan fingerprint density at radius 1 is 0.762 bits per heavy atom. The fourth-order valence-electron chi connectivity index (χ4n) is 1.63. The Kier molecular flexibility index (Phi) is 4.16. The van der Waals surface area contributed by atoms with Crippen molar-refractivity contribution in [2.45, 2.75) is 0 Å². The van der Waals surface area contributed by atoms with Crippen LogP contribution in [-0.2, 0) is 0 Å². The lowest BCUT2D eigenvalue weighted by atomic mass is 10.1. The number of hydrogen-bond acceptors (Lipinski definition) is 1. The topological polar surface area (TPSA) is 17.1 Å². The van der Waals surface area contributed by atoms with Crippen molar-refractivity contribution in [2.24, 2.45) is 0 Å². The van der Waals surface area contributed by atoms with Crippen LogP contribution < -0.4 is 0 Å². The average molecular weight is 298 g/mol. The van der Waals surface area contributed by atoms with Crippen molar-refractivity contribution in [1.29, 1.82) is 0 Å². The SMILES string of the molecule is O=C(C=Cc1c(F)c(F)c(F)c(F)c1F)c1ccccc1. The van der Waals surface area contributed by atoms with E-state index in [4.69, 9.17) is 0 Å². The first-order valence-electron chi connectivity index (χ1n) is 5.72. The third-order valence-electron chi connectivity index (χ3n) is 2.70. The molecule has 21 heavy (non-hydrogen) atoms. The summed E-state index contributed by atoms with van der Waals surface area (Å²) in [6, 6.07) is 7.69. The van der Waals surface area contributed by atoms with Crippen LogP contribution in [0.25, 0.3) is 6.08 Å². The van der Waals surface area contributed by atoms with Crippen LogP contribution in [-0.4, -0.2) is 5.78 Å². The first kappa shape index (κ1) is 14.9. The zero-order valence-electron chi connectivity index (χ0n) is 10.3. The summed E-state index contributed by atoms with van der Waals surface area (Å²) >= 11 is 0. The zero-order valence-corrected chi connectivity index (χ0v) is 10.3. The molecule has 0 aliphatic rings. The molecule has 1 nitrogen and oxygen atoms in total. The molecular formula is C15H7F5O. The standard InChI is InChI=1S/C15H7F5O/c16-11-9(12(17)14(19)15(20)13(11)18)6-7-10(21)8-4-2-1-3-5-8/h1-7H. The Hall–Kier alpha value is -2.50. The summed E-state index contributed by atoms with van der Waals surface area (Å²) in [4.78, 5) is 11.7. The van der Waals surface area contributed by atoms with E-state index in [1.807, 2.05) is 0 Å². The molecule has 0 saturated carbocycles. The molecule has 2 rings (SSSR count). The Balaban J connectivity index is 2.41. The molecule has 0 aromatic heterocycles. The molecule has 6 heteroatoms. The number of benzene rings is 2. The van der Waals surface area contributed by atoms with Crippen molar-refractivity contribution in [3.05, 3.63) is 76.6 Å². The van der Waals surface area contributed by atoms with Gasteiger partial charge in [0.05, 0.1) is 5.56 Å². The maximum atomic E-state index is 13.4. The molecule has 0 bridgehead atoms. The highest BCUT2D eigenvalue weighted by Crippen LogP contribution is 2.24. The Bertz CT molecular complexity index is 694. The van der Waals surface area contributed by atoms with Gasteiger partial charge >= 0.3 is 0 Å². The molecule has 0 spiro atoms. The molecule has 0 N–H and O–H groups in total. The van der Waals surface area contributed by atoms with E-state index < -0.39 is 40.4 Å². The van der Waals surface area contributed by atoms with Gasteiger partial charge in [0.1, 0.15) is 0 Å². The van der Waals surface area contributed by atoms with E-state index in [0.29, 0.717) is 6.08 Å². The van der Waals surface area contributed by atoms with Gasteiger partial charge in [-0.15, -0.1) is 0 Å². The van der Waals surface area contributed by atoms with Gasteiger partial charge in [-0.2, -0.15) is 0 Å². The van der Waals surface area contributed by atoms with E-state index in [-0.39, 0.29) is 5.56 Å². The largest absolute Gasteiger partial charge is 0.289 e. The van der Waals surface area contributed by atoms with Crippen molar-refractivity contribution in [2.75, 3.05) is 0 Å². The summed E-state index contributed by atoms with van der Waals surface area (Å²) in [5.74, 6) is -10.9. The molecule has 0 aliphatic carbocycles. The first-order valence-corrected chi connectivity index (χ1v) is 5.72. The van der Waals surface area contributed by atoms with Crippen molar-refractivity contribution >= 4 is 11.9 Å². The molecule has 0 saturated heterocycles. The smallest absolute Gasteiger partial charge is 0.200 e. The summed E-state index contributed by atoms with van der Waals surface area (Å²) in [6.07, 6.45) is 1.30. The number of carbonyl (C=O) groups is 1. The van der Waals surface area contributed by atoms with Crippen LogP contribution in [0.3, 0.4) is 0 Å². The molecule has 108 valence electrons. The fourth-order valence-corrected chi connectivity index (χ4v) is 1.63. The number of ketones is 1. The Morgan fingerprint density at radius 2 is 1.24 bits per heavy atom. The van der Waals surface area contributed by atoms with Crippen LogP contribution in [0, 0.1) is 29.1 Å². The molecule has 0 amide bonds. The summed E-state index contributed by atoms with van der Waals surface area (Å²) < 4.78 is 65.5. The minimum Gasteiger partial charge on any atom is -0.289 e. The number of rotatable bonds is 3. The van der Waals surface area contributed by atoms with Crippen molar-refractivity contribution in [1.82, 2.24) is 0 Å². The predicted molar refractivity (Wildman–Crippen MR) is 66.0 cm³/mol. The van der Waals surface area contributed by atoms with Gasteiger partial charge in [-0.05, 0) is 12.2 Å². The molecule has 0 fully saturated rings. The molecule has 0 radical (unpaired) electrons. The van der Waals surface area contributed by atoms with E-state index in [1.54, 1.807) is 18.2 Å². The maximum absolute atomic E-state index is 13.4. The number of carbonyl (C=O) groups excluding carboxylic acids is 1. The van der Waals surface area contributed by atoms with Crippen molar-refractivity contribution < 1.29 is 26.7 Å². The van der Waals surface area contributed by atoms with Crippen LogP contribution >= 0.6 is 0 Å². The normalized spacial score (nSPS) is 11.1. The van der Waals surface area contributed by atoms with Crippen LogP contribution in [0.1, 0.15) is 15.9 Å². The molecule has 0 aliphatic heterocycles. The van der Waals surface area contributed by atoms with Crippen LogP contribution in [0.2, 0.25) is 0 Å². The third kappa shape index (κ3) is 2.84. The molecule has 2 aromatic carbocycles. The quantitative estimate of drug-likeness (QED) is 0.272. The summed E-state index contributed by atoms with van der Waals surface area (Å²) in [7, 11) is 0. The third-order valence-corrected chi connectivity index (χ3v) is 2.70. The van der Waals surface area contributed by atoms with Gasteiger partial charge < -0.3 is 0 Å². The number of allylic oxidation sites excluding steroid dienone is 1. The Morgan fingerprint density at radius 3 is 1.76 bits per heavy atom. The molecule has 0 heterocycles. The fraction of sp³-hybridized carbons (Fsp3) is 0. The van der Waals surface area contributed by atoms with E-state index in [0.717, 1.165) is 6.08 Å². The zero-order chi connectivity index (χ0) is 15.6. The highest BCUT2D eigenvalue weighted by Gasteiger charge is 2.24. The van der Waals surface area contributed by atoms with Crippen molar-refractivity contribution in [3.63, 3.8) is 0 Å². The van der Waals surface area contributed by atoms with Gasteiger partial charge in [0.2, 0.25) is 5.82 Å². The molecule has 0 atom stereocenters. The number of halogens is 5. The monoisotopic (exact) mass is 298 g/mol. The molecule has 0 unspecified atom stereocenters. The van der Waals surface area contributed by atoms with Gasteiger partial charge in [0.25, 0.3) is 0 Å². The highest BCUT2D eigenvalue weighted by molar-refractivity contribution is 6.06. The van der Waals surface area contributed by atoms with E-state index in [2.05, 4.69) is 0 Å². The lowest BCUT2D eigenvalue weighted by molar-refractivity contribution is 0.104. The van der Waals surface area contributed by atoms with Gasteiger partial charge in [-0.3, -0.25) is 4.79 Å². The van der Waals surface area contributed by atoms with Gasteiger partial charge in [-0.25, -0.2) is 22.0 Å². The van der Waals surface area contributed by atoms with E-state index in [1.165, 1.54) is 12.1 Å². The van der Waals surface area contributed by atoms with Gasteiger partial charge in [0.15, 0.2) is 29.1 Å². The lowest BCUT2D eigenvalue weighted by Gasteiger charge is -2.04. The maximum Gasteiger partial charge on any atom is 0.200 e. The van der Waals surface area contributed by atoms with Gasteiger partial charge in [-0.1, -0.05) is 30.3 Å². The summed E-state index contributed by atoms with van der Waals surface area (Å²) in [5, 5.41) is 0. The number of hydrogen-bond donors (Lipinski definition) is 0. The average Bonchev–Trinajstić information content (AvgIpc) is 2.51. The minimum absolute atomic E-state index is 0.220. The summed E-state index contributed by atoms with van der Waals surface area (Å²) in [6.45, 7) is 0. The van der Waals surface area contributed by atoms with E-state index >= 15 is 0 Å². The lowest BCUT2D eigenvalue weighted by Crippen LogP contribution is -2.04. The highest BCUT2D eigenvalue weighted by atomic mass is 19.2. The summed E-state index contributed by atoms with van der Waals surface area (Å²) in [5.41, 5.74) is -0.937. The second kappa shape index (κ2) is 5.87. The predicted octanol–water partition coefficient (Wildman–Crippen LogP) is 4.28. The second-order valence-electron chi connectivity index (χ2n) is 4.05. The molecular weight excluding hydrogens is 291 g/mol. The minimum atomic E-state index is -2.24. The first-order chi connectivity index (χ1) is 9.93.